The highest BCUT2D eigenvalue weighted by molar-refractivity contribution is 6.46. The summed E-state index contributed by atoms with van der Waals surface area (Å²) in [7, 11) is 1.90. The van der Waals surface area contributed by atoms with Crippen LogP contribution in [0.3, 0.4) is 0 Å². The first-order chi connectivity index (χ1) is 17.9. The van der Waals surface area contributed by atoms with Crippen molar-refractivity contribution in [1.82, 2.24) is 9.47 Å². The number of aryl methyl sites for hydroxylation is 1. The number of fused-ring (bicyclic) bond motifs is 1. The number of carbonyl (C=O) groups excluding carboxylic acids is 2. The van der Waals surface area contributed by atoms with Crippen LogP contribution in [0.15, 0.2) is 84.6 Å². The number of likely N-dealkylation sites (tertiary alicyclic amines) is 1. The number of aromatic nitrogens is 1. The van der Waals surface area contributed by atoms with Gasteiger partial charge >= 0.3 is 0 Å². The molecule has 3 aromatic carbocycles. The van der Waals surface area contributed by atoms with E-state index in [4.69, 9.17) is 4.74 Å². The number of aliphatic hydroxyl groups excluding tert-OH is 1. The molecule has 1 amide bonds. The minimum Gasteiger partial charge on any atom is -0.507 e. The van der Waals surface area contributed by atoms with Gasteiger partial charge in [0.05, 0.1) is 18.2 Å². The van der Waals surface area contributed by atoms with Gasteiger partial charge in [0.15, 0.2) is 0 Å². The second-order valence-electron chi connectivity index (χ2n) is 9.14. The van der Waals surface area contributed by atoms with E-state index < -0.39 is 17.7 Å². The monoisotopic (exact) mass is 498 g/mol. The van der Waals surface area contributed by atoms with Crippen LogP contribution in [0.1, 0.15) is 36.1 Å². The van der Waals surface area contributed by atoms with Crippen molar-refractivity contribution >= 4 is 28.4 Å². The molecule has 1 atom stereocenters. The maximum atomic E-state index is 13.5. The van der Waals surface area contributed by atoms with E-state index in [1.165, 1.54) is 17.0 Å². The van der Waals surface area contributed by atoms with Crippen molar-refractivity contribution in [3.8, 4) is 5.75 Å². The van der Waals surface area contributed by atoms with Crippen LogP contribution in [0.25, 0.3) is 16.7 Å². The van der Waals surface area contributed by atoms with Gasteiger partial charge in [-0.15, -0.1) is 0 Å². The fourth-order valence-electron chi connectivity index (χ4n) is 4.85. The van der Waals surface area contributed by atoms with E-state index >= 15 is 0 Å². The SMILES string of the molecule is CCCOc1cccc(/C(O)=C2\C(=O)C(=O)N(Cc3ccc(F)cc3)C2c2cn(C)c3ccccc23)c1. The standard InChI is InChI=1S/C30H27FN2O4/c1-3-15-37-22-8-6-7-20(16-22)28(34)26-27(24-18-32(2)25-10-5-4-9-23(24)25)33(30(36)29(26)35)17-19-11-13-21(31)14-12-19/h4-14,16,18,27,34H,3,15,17H2,1-2H3/b28-26+. The number of rotatable bonds is 7. The molecule has 2 heterocycles. The van der Waals surface area contributed by atoms with Gasteiger partial charge in [-0.3, -0.25) is 9.59 Å². The molecule has 0 saturated carbocycles. The Balaban J connectivity index is 1.68. The summed E-state index contributed by atoms with van der Waals surface area (Å²) in [6.07, 6.45) is 2.71. The van der Waals surface area contributed by atoms with Gasteiger partial charge in [-0.1, -0.05) is 49.4 Å². The van der Waals surface area contributed by atoms with Crippen molar-refractivity contribution in [2.24, 2.45) is 7.05 Å². The summed E-state index contributed by atoms with van der Waals surface area (Å²) in [6.45, 7) is 2.59. The molecule has 1 aliphatic heterocycles. The maximum Gasteiger partial charge on any atom is 0.295 e. The zero-order chi connectivity index (χ0) is 26.1. The number of halogens is 1. The zero-order valence-corrected chi connectivity index (χ0v) is 20.6. The van der Waals surface area contributed by atoms with Crippen LogP contribution in [0.4, 0.5) is 4.39 Å². The van der Waals surface area contributed by atoms with Crippen LogP contribution in [0, 0.1) is 5.82 Å². The predicted molar refractivity (Wildman–Crippen MR) is 139 cm³/mol. The molecule has 5 rings (SSSR count). The number of ether oxygens (including phenoxy) is 1. The van der Waals surface area contributed by atoms with Gasteiger partial charge in [0.25, 0.3) is 11.7 Å². The fourth-order valence-corrected chi connectivity index (χ4v) is 4.85. The van der Waals surface area contributed by atoms with Gasteiger partial charge in [0.1, 0.15) is 17.3 Å². The molecule has 188 valence electrons. The van der Waals surface area contributed by atoms with Crippen LogP contribution >= 0.6 is 0 Å². The molecule has 7 heteroatoms. The minimum atomic E-state index is -0.837. The molecule has 0 spiro atoms. The normalized spacial score (nSPS) is 17.1. The Morgan fingerprint density at radius 2 is 1.78 bits per heavy atom. The van der Waals surface area contributed by atoms with E-state index in [0.717, 1.165) is 22.9 Å². The molecule has 4 aromatic rings. The van der Waals surface area contributed by atoms with E-state index in [9.17, 15) is 19.1 Å². The molecule has 1 fully saturated rings. The summed E-state index contributed by atoms with van der Waals surface area (Å²) < 4.78 is 21.2. The van der Waals surface area contributed by atoms with Crippen molar-refractivity contribution in [1.29, 1.82) is 0 Å². The third kappa shape index (κ3) is 4.48. The molecule has 1 N–H and O–H groups in total. The lowest BCUT2D eigenvalue weighted by atomic mass is 9.94. The highest BCUT2D eigenvalue weighted by atomic mass is 19.1. The molecule has 1 aromatic heterocycles. The lowest BCUT2D eigenvalue weighted by molar-refractivity contribution is -0.140. The van der Waals surface area contributed by atoms with Crippen molar-refractivity contribution in [3.05, 3.63) is 107 Å². The summed E-state index contributed by atoms with van der Waals surface area (Å²) in [5.74, 6) is -1.57. The molecule has 6 nitrogen and oxygen atoms in total. The Bertz CT molecular complexity index is 1520. The fraction of sp³-hybridized carbons (Fsp3) is 0.200. The van der Waals surface area contributed by atoms with Crippen molar-refractivity contribution in [2.75, 3.05) is 6.61 Å². The van der Waals surface area contributed by atoms with Crippen LogP contribution < -0.4 is 4.74 Å². The first-order valence-electron chi connectivity index (χ1n) is 12.2. The highest BCUT2D eigenvalue weighted by Gasteiger charge is 2.47. The molecule has 1 saturated heterocycles. The largest absolute Gasteiger partial charge is 0.507 e. The molecule has 1 unspecified atom stereocenters. The van der Waals surface area contributed by atoms with E-state index in [1.807, 2.05) is 49.0 Å². The number of ketones is 1. The molecule has 37 heavy (non-hydrogen) atoms. The van der Waals surface area contributed by atoms with Gasteiger partial charge in [-0.05, 0) is 42.3 Å². The Kier molecular flexibility index (Phi) is 6.53. The molecule has 1 aliphatic rings. The number of hydrogen-bond donors (Lipinski definition) is 1. The number of benzene rings is 3. The molecule has 0 bridgehead atoms. The summed E-state index contributed by atoms with van der Waals surface area (Å²) >= 11 is 0. The quantitative estimate of drug-likeness (QED) is 0.201. The van der Waals surface area contributed by atoms with E-state index in [0.29, 0.717) is 23.5 Å². The number of nitrogens with zero attached hydrogens (tertiary/aromatic N) is 2. The van der Waals surface area contributed by atoms with Crippen LogP contribution in [-0.2, 0) is 23.2 Å². The molecular formula is C30H27FN2O4. The Labute approximate surface area is 214 Å². The number of amides is 1. The second kappa shape index (κ2) is 9.93. The maximum absolute atomic E-state index is 13.5. The predicted octanol–water partition coefficient (Wildman–Crippen LogP) is 5.73. The average Bonchev–Trinajstić information content (AvgIpc) is 3.37. The lowest BCUT2D eigenvalue weighted by Crippen LogP contribution is -2.29. The zero-order valence-electron chi connectivity index (χ0n) is 20.6. The van der Waals surface area contributed by atoms with E-state index in [1.54, 1.807) is 36.4 Å². The number of para-hydroxylation sites is 1. The van der Waals surface area contributed by atoms with Crippen molar-refractivity contribution < 1.29 is 23.8 Å². The topological polar surface area (TPSA) is 71.8 Å². The Morgan fingerprint density at radius 3 is 2.54 bits per heavy atom. The van der Waals surface area contributed by atoms with E-state index in [2.05, 4.69) is 0 Å². The summed E-state index contributed by atoms with van der Waals surface area (Å²) in [5.41, 5.74) is 2.72. The minimum absolute atomic E-state index is 0.0103. The third-order valence-corrected chi connectivity index (χ3v) is 6.61. The first kappa shape index (κ1) is 24.3. The molecule has 0 radical (unpaired) electrons. The second-order valence-corrected chi connectivity index (χ2v) is 9.14. The number of aliphatic hydroxyl groups is 1. The van der Waals surface area contributed by atoms with Crippen LogP contribution in [0.2, 0.25) is 0 Å². The number of carbonyl (C=O) groups is 2. The highest BCUT2D eigenvalue weighted by Crippen LogP contribution is 2.43. The smallest absolute Gasteiger partial charge is 0.295 e. The summed E-state index contributed by atoms with van der Waals surface area (Å²) in [4.78, 5) is 28.3. The first-order valence-corrected chi connectivity index (χ1v) is 12.2. The Hall–Kier alpha value is -4.39. The van der Waals surface area contributed by atoms with Gasteiger partial charge in [-0.2, -0.15) is 0 Å². The summed E-state index contributed by atoms with van der Waals surface area (Å²) in [5, 5.41) is 12.3. The van der Waals surface area contributed by atoms with Gasteiger partial charge in [0.2, 0.25) is 0 Å². The lowest BCUT2D eigenvalue weighted by Gasteiger charge is -2.25. The average molecular weight is 499 g/mol. The van der Waals surface area contributed by atoms with Crippen molar-refractivity contribution in [2.45, 2.75) is 25.9 Å². The van der Waals surface area contributed by atoms with Gasteiger partial charge in [-0.25, -0.2) is 4.39 Å². The van der Waals surface area contributed by atoms with Crippen LogP contribution in [0.5, 0.6) is 5.75 Å². The van der Waals surface area contributed by atoms with Gasteiger partial charge < -0.3 is 19.3 Å². The summed E-state index contributed by atoms with van der Waals surface area (Å²) in [6, 6.07) is 19.5. The van der Waals surface area contributed by atoms with Gasteiger partial charge in [0, 0.05) is 41.8 Å². The number of hydrogen-bond acceptors (Lipinski definition) is 4. The Morgan fingerprint density at radius 1 is 1.03 bits per heavy atom. The molecular weight excluding hydrogens is 471 g/mol. The molecule has 0 aliphatic carbocycles. The van der Waals surface area contributed by atoms with Crippen LogP contribution in [-0.4, -0.2) is 32.9 Å². The van der Waals surface area contributed by atoms with Crippen molar-refractivity contribution in [3.63, 3.8) is 0 Å². The van der Waals surface area contributed by atoms with E-state index in [-0.39, 0.29) is 23.7 Å². The third-order valence-electron chi connectivity index (χ3n) is 6.61. The number of Topliss-reactive ketones (excluding diaryl/α,β-unsaturated/α-hetero) is 1.